The normalized spacial score (nSPS) is 17.9. The van der Waals surface area contributed by atoms with Gasteiger partial charge in [0.05, 0.1) is 24.7 Å². The van der Waals surface area contributed by atoms with Crippen LogP contribution < -0.4 is 0 Å². The number of nitrogens with zero attached hydrogens (tertiary/aromatic N) is 1. The maximum Gasteiger partial charge on any atom is 0.0632 e. The largest absolute Gasteiger partial charge is 0.379 e. The Morgan fingerprint density at radius 3 is 2.88 bits per heavy atom. The quantitative estimate of drug-likeness (QED) is 0.792. The Kier molecular flexibility index (Phi) is 2.20. The number of fused-ring (bicyclic) bond motifs is 1. The van der Waals surface area contributed by atoms with Crippen LogP contribution in [-0.2, 0) is 10.2 Å². The summed E-state index contributed by atoms with van der Waals surface area (Å²) in [5.74, 6) is 0. The Hall–Kier alpha value is -1.37. The van der Waals surface area contributed by atoms with E-state index in [1.807, 2.05) is 0 Å². The van der Waals surface area contributed by atoms with Crippen LogP contribution in [0.4, 0.5) is 0 Å². The number of ether oxygens (including phenoxy) is 1. The van der Waals surface area contributed by atoms with Gasteiger partial charge in [-0.25, -0.2) is 0 Å². The molecule has 1 aromatic carbocycles. The second kappa shape index (κ2) is 3.58. The fraction of sp³-hybridized carbons (Fsp3) is 0.308. The topological polar surface area (TPSA) is 33.0 Å². The first-order chi connectivity index (χ1) is 7.86. The Morgan fingerprint density at radius 1 is 1.38 bits per heavy atom. The van der Waals surface area contributed by atoms with Crippen molar-refractivity contribution < 1.29 is 4.74 Å². The third kappa shape index (κ3) is 1.27. The molecule has 1 aromatic heterocycles. The molecule has 0 aliphatic carbocycles. The molecule has 1 fully saturated rings. The zero-order valence-corrected chi connectivity index (χ0v) is 9.59. The molecule has 0 amide bonds. The van der Waals surface area contributed by atoms with Crippen molar-refractivity contribution in [3.8, 4) is 6.07 Å². The molecule has 1 aliphatic rings. The SMILES string of the molecule is N#CCC1(c2csc3ccccc23)COC1. The molecule has 80 valence electrons. The number of rotatable bonds is 2. The van der Waals surface area contributed by atoms with Crippen LogP contribution in [0.25, 0.3) is 10.1 Å². The van der Waals surface area contributed by atoms with E-state index in [9.17, 15) is 0 Å². The van der Waals surface area contributed by atoms with E-state index < -0.39 is 0 Å². The van der Waals surface area contributed by atoms with Crippen LogP contribution in [-0.4, -0.2) is 13.2 Å². The summed E-state index contributed by atoms with van der Waals surface area (Å²) in [6.07, 6.45) is 0.549. The maximum atomic E-state index is 8.94. The van der Waals surface area contributed by atoms with Gasteiger partial charge in [0.1, 0.15) is 0 Å². The summed E-state index contributed by atoms with van der Waals surface area (Å²) in [5, 5.41) is 12.4. The Bertz CT molecular complexity index is 563. The van der Waals surface area contributed by atoms with Crippen molar-refractivity contribution in [1.82, 2.24) is 0 Å². The van der Waals surface area contributed by atoms with Gasteiger partial charge in [0.25, 0.3) is 0 Å². The molecule has 1 saturated heterocycles. The van der Waals surface area contributed by atoms with E-state index in [-0.39, 0.29) is 5.41 Å². The second-order valence-electron chi connectivity index (χ2n) is 4.25. The minimum Gasteiger partial charge on any atom is -0.379 e. The molecule has 3 heteroatoms. The van der Waals surface area contributed by atoms with Crippen molar-refractivity contribution >= 4 is 21.4 Å². The van der Waals surface area contributed by atoms with Crippen LogP contribution in [0.3, 0.4) is 0 Å². The van der Waals surface area contributed by atoms with Crippen LogP contribution in [0.1, 0.15) is 12.0 Å². The highest BCUT2D eigenvalue weighted by Crippen LogP contribution is 2.41. The molecule has 0 radical (unpaired) electrons. The van der Waals surface area contributed by atoms with E-state index in [0.717, 1.165) is 0 Å². The van der Waals surface area contributed by atoms with Crippen LogP contribution in [0, 0.1) is 11.3 Å². The third-order valence-electron chi connectivity index (χ3n) is 3.23. The zero-order valence-electron chi connectivity index (χ0n) is 8.77. The van der Waals surface area contributed by atoms with Crippen molar-refractivity contribution in [3.05, 3.63) is 35.2 Å². The summed E-state index contributed by atoms with van der Waals surface area (Å²) in [6.45, 7) is 1.36. The smallest absolute Gasteiger partial charge is 0.0632 e. The van der Waals surface area contributed by atoms with Crippen LogP contribution in [0.5, 0.6) is 0 Å². The second-order valence-corrected chi connectivity index (χ2v) is 5.16. The van der Waals surface area contributed by atoms with Crippen LogP contribution in [0.2, 0.25) is 0 Å². The first-order valence-corrected chi connectivity index (χ1v) is 6.15. The highest BCUT2D eigenvalue weighted by atomic mass is 32.1. The van der Waals surface area contributed by atoms with Gasteiger partial charge in [-0.1, -0.05) is 18.2 Å². The van der Waals surface area contributed by atoms with E-state index in [4.69, 9.17) is 10.00 Å². The van der Waals surface area contributed by atoms with Crippen molar-refractivity contribution in [2.45, 2.75) is 11.8 Å². The molecule has 0 unspecified atom stereocenters. The molecule has 1 aliphatic heterocycles. The van der Waals surface area contributed by atoms with Gasteiger partial charge < -0.3 is 4.74 Å². The lowest BCUT2D eigenvalue weighted by atomic mass is 9.76. The van der Waals surface area contributed by atoms with Crippen molar-refractivity contribution in [1.29, 1.82) is 5.26 Å². The molecule has 0 bridgehead atoms. The van der Waals surface area contributed by atoms with E-state index in [1.54, 1.807) is 11.3 Å². The maximum absolute atomic E-state index is 8.94. The Labute approximate surface area is 98.1 Å². The van der Waals surface area contributed by atoms with E-state index in [1.165, 1.54) is 15.6 Å². The minimum atomic E-state index is -0.0473. The van der Waals surface area contributed by atoms with Crippen LogP contribution in [0.15, 0.2) is 29.6 Å². The number of hydrogen-bond acceptors (Lipinski definition) is 3. The fourth-order valence-electron chi connectivity index (χ4n) is 2.24. The summed E-state index contributed by atoms with van der Waals surface area (Å²) < 4.78 is 6.61. The molecule has 2 nitrogen and oxygen atoms in total. The Morgan fingerprint density at radius 2 is 2.19 bits per heavy atom. The van der Waals surface area contributed by atoms with Gasteiger partial charge in [0.15, 0.2) is 0 Å². The molecular formula is C13H11NOS. The summed E-state index contributed by atoms with van der Waals surface area (Å²) in [7, 11) is 0. The third-order valence-corrected chi connectivity index (χ3v) is 4.19. The van der Waals surface area contributed by atoms with Crippen molar-refractivity contribution in [2.75, 3.05) is 13.2 Å². The highest BCUT2D eigenvalue weighted by molar-refractivity contribution is 7.17. The van der Waals surface area contributed by atoms with Crippen molar-refractivity contribution in [3.63, 3.8) is 0 Å². The van der Waals surface area contributed by atoms with E-state index in [0.29, 0.717) is 19.6 Å². The molecule has 2 aromatic rings. The lowest BCUT2D eigenvalue weighted by Gasteiger charge is -2.39. The molecule has 0 saturated carbocycles. The van der Waals surface area contributed by atoms with Gasteiger partial charge in [-0.2, -0.15) is 5.26 Å². The minimum absolute atomic E-state index is 0.0473. The molecule has 0 N–H and O–H groups in total. The van der Waals surface area contributed by atoms with Gasteiger partial charge in [0, 0.05) is 11.1 Å². The number of nitriles is 1. The average molecular weight is 229 g/mol. The highest BCUT2D eigenvalue weighted by Gasteiger charge is 2.41. The molecule has 0 atom stereocenters. The first-order valence-electron chi connectivity index (χ1n) is 5.27. The summed E-state index contributed by atoms with van der Waals surface area (Å²) in [5.41, 5.74) is 1.25. The van der Waals surface area contributed by atoms with Crippen LogP contribution >= 0.6 is 11.3 Å². The fourth-order valence-corrected chi connectivity index (χ4v) is 3.32. The van der Waals surface area contributed by atoms with E-state index >= 15 is 0 Å². The lowest BCUT2D eigenvalue weighted by Crippen LogP contribution is -2.46. The zero-order chi connectivity index (χ0) is 11.0. The van der Waals surface area contributed by atoms with Crippen molar-refractivity contribution in [2.24, 2.45) is 0 Å². The van der Waals surface area contributed by atoms with E-state index in [2.05, 4.69) is 35.7 Å². The predicted octanol–water partition coefficient (Wildman–Crippen LogP) is 3.08. The van der Waals surface area contributed by atoms with Gasteiger partial charge >= 0.3 is 0 Å². The van der Waals surface area contributed by atoms with Gasteiger partial charge in [-0.15, -0.1) is 11.3 Å². The number of thiophene rings is 1. The first kappa shape index (κ1) is 9.83. The standard InChI is InChI=1S/C13H11NOS/c14-6-5-13(8-15-9-13)11-7-16-12-4-2-1-3-10(11)12/h1-4,7H,5,8-9H2. The summed E-state index contributed by atoms with van der Waals surface area (Å²) >= 11 is 1.75. The summed E-state index contributed by atoms with van der Waals surface area (Å²) in [6, 6.07) is 10.7. The van der Waals surface area contributed by atoms with Gasteiger partial charge in [-0.05, 0) is 22.4 Å². The number of benzene rings is 1. The summed E-state index contributed by atoms with van der Waals surface area (Å²) in [4.78, 5) is 0. The number of hydrogen-bond donors (Lipinski definition) is 0. The monoisotopic (exact) mass is 229 g/mol. The molecule has 2 heterocycles. The lowest BCUT2D eigenvalue weighted by molar-refractivity contribution is -0.0568. The predicted molar refractivity (Wildman–Crippen MR) is 64.6 cm³/mol. The molecule has 16 heavy (non-hydrogen) atoms. The van der Waals surface area contributed by atoms with Gasteiger partial charge in [-0.3, -0.25) is 0 Å². The molecule has 3 rings (SSSR count). The molecule has 0 spiro atoms. The molecular weight excluding hydrogens is 218 g/mol. The average Bonchev–Trinajstić information content (AvgIpc) is 2.68. The Balaban J connectivity index is 2.15. The van der Waals surface area contributed by atoms with Gasteiger partial charge in [0.2, 0.25) is 0 Å².